The van der Waals surface area contributed by atoms with E-state index in [1.54, 1.807) is 0 Å². The van der Waals surface area contributed by atoms with Crippen LogP contribution in [0.15, 0.2) is 36.4 Å². The van der Waals surface area contributed by atoms with E-state index in [2.05, 4.69) is 15.3 Å². The number of alkyl halides is 3. The van der Waals surface area contributed by atoms with Crippen molar-refractivity contribution in [3.05, 3.63) is 59.2 Å². The number of rotatable bonds is 8. The molecule has 0 unspecified atom stereocenters. The Morgan fingerprint density at radius 3 is 2.59 bits per heavy atom. The minimum Gasteiger partial charge on any atom is -0.355 e. The van der Waals surface area contributed by atoms with E-state index in [4.69, 9.17) is 0 Å². The highest BCUT2D eigenvalue weighted by Gasteiger charge is 2.35. The Balaban J connectivity index is 1.46. The summed E-state index contributed by atoms with van der Waals surface area (Å²) in [7, 11) is 0. The molecule has 1 aliphatic carbocycles. The second-order valence-corrected chi connectivity index (χ2v) is 7.43. The van der Waals surface area contributed by atoms with Gasteiger partial charge in [-0.1, -0.05) is 30.3 Å². The molecule has 144 valence electrons. The van der Waals surface area contributed by atoms with E-state index in [1.165, 1.54) is 11.8 Å². The SMILES string of the molecule is O=C(CSCc1ccccc1)NCCc1nc(C2CC2)cc(C(F)(F)F)n1. The summed E-state index contributed by atoms with van der Waals surface area (Å²) in [5, 5.41) is 2.72. The van der Waals surface area contributed by atoms with E-state index in [-0.39, 0.29) is 30.6 Å². The van der Waals surface area contributed by atoms with Crippen LogP contribution in [0.1, 0.15) is 41.5 Å². The van der Waals surface area contributed by atoms with Gasteiger partial charge in [0.05, 0.1) is 5.75 Å². The smallest absolute Gasteiger partial charge is 0.355 e. The average Bonchev–Trinajstić information content (AvgIpc) is 3.47. The number of benzene rings is 1. The van der Waals surface area contributed by atoms with Crippen molar-refractivity contribution < 1.29 is 18.0 Å². The van der Waals surface area contributed by atoms with Crippen molar-refractivity contribution in [1.29, 1.82) is 0 Å². The van der Waals surface area contributed by atoms with Gasteiger partial charge in [0.25, 0.3) is 0 Å². The summed E-state index contributed by atoms with van der Waals surface area (Å²) in [4.78, 5) is 19.7. The van der Waals surface area contributed by atoms with E-state index in [0.29, 0.717) is 11.4 Å². The summed E-state index contributed by atoms with van der Waals surface area (Å²) in [6, 6.07) is 10.9. The second-order valence-electron chi connectivity index (χ2n) is 6.44. The summed E-state index contributed by atoms with van der Waals surface area (Å²) in [5.41, 5.74) is 0.691. The molecule has 1 aliphatic rings. The molecule has 0 bridgehead atoms. The van der Waals surface area contributed by atoms with Crippen LogP contribution in [0.4, 0.5) is 13.2 Å². The lowest BCUT2D eigenvalue weighted by Gasteiger charge is -2.10. The number of carbonyl (C=O) groups excluding carboxylic acids is 1. The Morgan fingerprint density at radius 1 is 1.19 bits per heavy atom. The van der Waals surface area contributed by atoms with Crippen LogP contribution >= 0.6 is 11.8 Å². The first-order valence-electron chi connectivity index (χ1n) is 8.75. The number of nitrogens with one attached hydrogen (secondary N) is 1. The summed E-state index contributed by atoms with van der Waals surface area (Å²) in [5.74, 6) is 1.12. The van der Waals surface area contributed by atoms with Crippen LogP contribution in [0.3, 0.4) is 0 Å². The molecule has 1 saturated carbocycles. The Bertz CT molecular complexity index is 780. The van der Waals surface area contributed by atoms with Crippen molar-refractivity contribution in [2.24, 2.45) is 0 Å². The fraction of sp³-hybridized carbons (Fsp3) is 0.421. The van der Waals surface area contributed by atoms with Crippen molar-refractivity contribution >= 4 is 17.7 Å². The highest BCUT2D eigenvalue weighted by atomic mass is 32.2. The van der Waals surface area contributed by atoms with Gasteiger partial charge in [-0.05, 0) is 24.5 Å². The number of nitrogens with zero attached hydrogens (tertiary/aromatic N) is 2. The second kappa shape index (κ2) is 8.73. The predicted molar refractivity (Wildman–Crippen MR) is 98.3 cm³/mol. The third-order valence-electron chi connectivity index (χ3n) is 4.09. The molecule has 0 radical (unpaired) electrons. The van der Waals surface area contributed by atoms with E-state index in [9.17, 15) is 18.0 Å². The van der Waals surface area contributed by atoms with Gasteiger partial charge in [0.15, 0.2) is 0 Å². The molecule has 1 N–H and O–H groups in total. The number of aromatic nitrogens is 2. The molecule has 1 amide bonds. The maximum absolute atomic E-state index is 13.0. The fourth-order valence-corrected chi connectivity index (χ4v) is 3.38. The molecule has 1 fully saturated rings. The lowest BCUT2D eigenvalue weighted by Crippen LogP contribution is -2.28. The van der Waals surface area contributed by atoms with Gasteiger partial charge in [0.1, 0.15) is 11.5 Å². The van der Waals surface area contributed by atoms with E-state index in [0.717, 1.165) is 30.2 Å². The summed E-state index contributed by atoms with van der Waals surface area (Å²) < 4.78 is 39.0. The minimum absolute atomic E-state index is 0.108. The molecule has 8 heteroatoms. The third-order valence-corrected chi connectivity index (χ3v) is 5.10. The van der Waals surface area contributed by atoms with Crippen molar-refractivity contribution in [3.8, 4) is 0 Å². The van der Waals surface area contributed by atoms with Crippen molar-refractivity contribution in [1.82, 2.24) is 15.3 Å². The molecule has 0 aliphatic heterocycles. The zero-order valence-electron chi connectivity index (χ0n) is 14.6. The number of hydrogen-bond acceptors (Lipinski definition) is 4. The van der Waals surface area contributed by atoms with Crippen LogP contribution in [-0.2, 0) is 23.1 Å². The van der Waals surface area contributed by atoms with Crippen LogP contribution in [-0.4, -0.2) is 28.2 Å². The van der Waals surface area contributed by atoms with E-state index < -0.39 is 11.9 Å². The molecule has 0 spiro atoms. The summed E-state index contributed by atoms with van der Waals surface area (Å²) >= 11 is 1.49. The maximum Gasteiger partial charge on any atom is 0.433 e. The highest BCUT2D eigenvalue weighted by molar-refractivity contribution is 7.99. The first kappa shape index (κ1) is 19.7. The zero-order chi connectivity index (χ0) is 19.3. The summed E-state index contributed by atoms with van der Waals surface area (Å²) in [6.45, 7) is 0.218. The van der Waals surface area contributed by atoms with Crippen LogP contribution in [0.5, 0.6) is 0 Å². The quantitative estimate of drug-likeness (QED) is 0.735. The van der Waals surface area contributed by atoms with Gasteiger partial charge in [-0.15, -0.1) is 11.8 Å². The number of carbonyl (C=O) groups is 1. The molecule has 0 saturated heterocycles. The van der Waals surface area contributed by atoms with Gasteiger partial charge in [-0.3, -0.25) is 4.79 Å². The molecule has 2 aromatic rings. The Labute approximate surface area is 160 Å². The van der Waals surface area contributed by atoms with Crippen molar-refractivity contribution in [2.75, 3.05) is 12.3 Å². The van der Waals surface area contributed by atoms with Crippen LogP contribution in [0, 0.1) is 0 Å². The van der Waals surface area contributed by atoms with Crippen LogP contribution in [0.2, 0.25) is 0 Å². The number of amides is 1. The monoisotopic (exact) mass is 395 g/mol. The predicted octanol–water partition coefficient (Wildman–Crippen LogP) is 3.96. The molecular formula is C19H20F3N3OS. The maximum atomic E-state index is 13.0. The number of thioether (sulfide) groups is 1. The van der Waals surface area contributed by atoms with Gasteiger partial charge in [-0.25, -0.2) is 9.97 Å². The molecule has 1 aromatic heterocycles. The first-order chi connectivity index (χ1) is 12.9. The van der Waals surface area contributed by atoms with Crippen LogP contribution in [0.25, 0.3) is 0 Å². The van der Waals surface area contributed by atoms with Gasteiger partial charge < -0.3 is 5.32 Å². The number of hydrogen-bond donors (Lipinski definition) is 1. The molecule has 1 heterocycles. The van der Waals surface area contributed by atoms with E-state index >= 15 is 0 Å². The van der Waals surface area contributed by atoms with Gasteiger partial charge in [0.2, 0.25) is 5.91 Å². The first-order valence-corrected chi connectivity index (χ1v) is 9.90. The topological polar surface area (TPSA) is 54.9 Å². The Morgan fingerprint density at radius 2 is 1.93 bits per heavy atom. The third kappa shape index (κ3) is 6.23. The highest BCUT2D eigenvalue weighted by Crippen LogP contribution is 2.40. The van der Waals surface area contributed by atoms with Crippen LogP contribution < -0.4 is 5.32 Å². The average molecular weight is 395 g/mol. The molecule has 4 nitrogen and oxygen atoms in total. The zero-order valence-corrected chi connectivity index (χ0v) is 15.4. The van der Waals surface area contributed by atoms with Gasteiger partial charge in [-0.2, -0.15) is 13.2 Å². The Kier molecular flexibility index (Phi) is 6.36. The number of halogens is 3. The lowest BCUT2D eigenvalue weighted by atomic mass is 10.2. The summed E-state index contributed by atoms with van der Waals surface area (Å²) in [6.07, 6.45) is -2.58. The molecule has 3 rings (SSSR count). The lowest BCUT2D eigenvalue weighted by molar-refractivity contribution is -0.141. The molecular weight excluding hydrogens is 375 g/mol. The van der Waals surface area contributed by atoms with Gasteiger partial charge >= 0.3 is 6.18 Å². The normalized spacial score (nSPS) is 14.2. The molecule has 27 heavy (non-hydrogen) atoms. The minimum atomic E-state index is -4.49. The van der Waals surface area contributed by atoms with Crippen molar-refractivity contribution in [2.45, 2.75) is 37.1 Å². The Hall–Kier alpha value is -2.09. The van der Waals surface area contributed by atoms with E-state index in [1.807, 2.05) is 30.3 Å². The fourth-order valence-electron chi connectivity index (χ4n) is 2.56. The van der Waals surface area contributed by atoms with Gasteiger partial charge in [0, 0.05) is 30.3 Å². The largest absolute Gasteiger partial charge is 0.433 e. The standard InChI is InChI=1S/C19H20F3N3OS/c20-19(21,22)16-10-15(14-6-7-14)24-17(25-16)8-9-23-18(26)12-27-11-13-4-2-1-3-5-13/h1-5,10,14H,6-9,11-12H2,(H,23,26). The molecule has 1 aromatic carbocycles. The molecule has 0 atom stereocenters. The van der Waals surface area contributed by atoms with Crippen molar-refractivity contribution in [3.63, 3.8) is 0 Å².